The first kappa shape index (κ1) is 20.2. The largest absolute Gasteiger partial charge is 0.469 e. The van der Waals surface area contributed by atoms with E-state index < -0.39 is 4.92 Å². The van der Waals surface area contributed by atoms with Crippen molar-refractivity contribution in [3.05, 3.63) is 16.3 Å². The number of rotatable bonds is 6. The van der Waals surface area contributed by atoms with E-state index in [1.165, 1.54) is 13.3 Å². The number of nitro groups is 1. The number of nitrogens with one attached hydrogen (secondary N) is 2. The lowest BCUT2D eigenvalue weighted by Crippen LogP contribution is -2.36. The number of hydrogen-bond acceptors (Lipinski definition) is 9. The first-order valence-electron chi connectivity index (χ1n) is 9.68. The van der Waals surface area contributed by atoms with Crippen molar-refractivity contribution in [2.24, 2.45) is 11.8 Å². The van der Waals surface area contributed by atoms with Crippen LogP contribution in [0.4, 0.5) is 17.5 Å². The zero-order valence-corrected chi connectivity index (χ0v) is 16.2. The molecule has 0 spiro atoms. The standard InChI is InChI=1S/C18H27N5O5/c1-11-10-28-8-7-14(11)21-18-19-9-15(23(25)26)16(22-18)20-13-5-3-12(4-6-13)17(24)27-2/h9,11-14H,3-8,10H2,1-2H3,(H2,19,20,21,22)/t11-,12?,13?,14-/m1/s1. The number of nitrogens with zero attached hydrogens (tertiary/aromatic N) is 3. The van der Waals surface area contributed by atoms with E-state index in [0.29, 0.717) is 37.9 Å². The third-order valence-electron chi connectivity index (χ3n) is 5.52. The van der Waals surface area contributed by atoms with Crippen LogP contribution < -0.4 is 10.6 Å². The van der Waals surface area contributed by atoms with Gasteiger partial charge in [0.2, 0.25) is 11.8 Å². The van der Waals surface area contributed by atoms with Gasteiger partial charge in [0.05, 0.1) is 24.6 Å². The molecule has 10 heteroatoms. The van der Waals surface area contributed by atoms with Gasteiger partial charge in [-0.2, -0.15) is 4.98 Å². The Labute approximate surface area is 163 Å². The molecule has 2 N–H and O–H groups in total. The molecule has 1 aromatic rings. The molecule has 1 aromatic heterocycles. The maximum atomic E-state index is 11.7. The van der Waals surface area contributed by atoms with E-state index in [4.69, 9.17) is 9.47 Å². The molecular formula is C18H27N5O5. The Balaban J connectivity index is 1.68. The van der Waals surface area contributed by atoms with Crippen LogP contribution in [0, 0.1) is 22.0 Å². The molecule has 0 amide bonds. The summed E-state index contributed by atoms with van der Waals surface area (Å²) in [6, 6.07) is 0.183. The highest BCUT2D eigenvalue weighted by atomic mass is 16.6. The Morgan fingerprint density at radius 3 is 2.68 bits per heavy atom. The summed E-state index contributed by atoms with van der Waals surface area (Å²) in [6.07, 6.45) is 4.90. The maximum Gasteiger partial charge on any atom is 0.329 e. The Hall–Kier alpha value is -2.49. The van der Waals surface area contributed by atoms with Crippen molar-refractivity contribution in [1.29, 1.82) is 0 Å². The van der Waals surface area contributed by atoms with Crippen LogP contribution in [-0.4, -0.2) is 53.3 Å². The summed E-state index contributed by atoms with van der Waals surface area (Å²) in [6.45, 7) is 3.42. The predicted molar refractivity (Wildman–Crippen MR) is 102 cm³/mol. The second-order valence-electron chi connectivity index (χ2n) is 7.49. The van der Waals surface area contributed by atoms with Crippen molar-refractivity contribution >= 4 is 23.4 Å². The van der Waals surface area contributed by atoms with Crippen LogP contribution in [0.5, 0.6) is 0 Å². The van der Waals surface area contributed by atoms with Gasteiger partial charge in [-0.25, -0.2) is 4.98 Å². The van der Waals surface area contributed by atoms with Gasteiger partial charge in [-0.1, -0.05) is 6.92 Å². The van der Waals surface area contributed by atoms with Gasteiger partial charge in [-0.3, -0.25) is 14.9 Å². The third kappa shape index (κ3) is 4.86. The van der Waals surface area contributed by atoms with E-state index in [1.807, 2.05) is 0 Å². The lowest BCUT2D eigenvalue weighted by atomic mass is 9.86. The Kier molecular flexibility index (Phi) is 6.61. The molecule has 0 bridgehead atoms. The number of hydrogen-bond donors (Lipinski definition) is 2. The molecule has 154 valence electrons. The fraction of sp³-hybridized carbons (Fsp3) is 0.722. The van der Waals surface area contributed by atoms with Crippen molar-refractivity contribution in [3.63, 3.8) is 0 Å². The molecule has 10 nitrogen and oxygen atoms in total. The summed E-state index contributed by atoms with van der Waals surface area (Å²) >= 11 is 0. The number of esters is 1. The van der Waals surface area contributed by atoms with Gasteiger partial charge in [-0.15, -0.1) is 0 Å². The van der Waals surface area contributed by atoms with E-state index in [1.54, 1.807) is 0 Å². The number of anilines is 2. The van der Waals surface area contributed by atoms with E-state index in [9.17, 15) is 14.9 Å². The van der Waals surface area contributed by atoms with Gasteiger partial charge in [0.25, 0.3) is 0 Å². The predicted octanol–water partition coefficient (Wildman–Crippen LogP) is 2.37. The molecule has 2 aliphatic rings. The molecular weight excluding hydrogens is 366 g/mol. The van der Waals surface area contributed by atoms with Crippen molar-refractivity contribution in [1.82, 2.24) is 9.97 Å². The van der Waals surface area contributed by atoms with Gasteiger partial charge in [0.15, 0.2) is 0 Å². The van der Waals surface area contributed by atoms with Gasteiger partial charge in [0, 0.05) is 18.7 Å². The highest BCUT2D eigenvalue weighted by Crippen LogP contribution is 2.30. The van der Waals surface area contributed by atoms with Crippen LogP contribution in [-0.2, 0) is 14.3 Å². The average molecular weight is 393 g/mol. The lowest BCUT2D eigenvalue weighted by Gasteiger charge is -2.30. The minimum Gasteiger partial charge on any atom is -0.469 e. The summed E-state index contributed by atoms with van der Waals surface area (Å²) in [5.74, 6) is 0.593. The molecule has 28 heavy (non-hydrogen) atoms. The van der Waals surface area contributed by atoms with Crippen LogP contribution in [0.15, 0.2) is 6.20 Å². The number of carbonyl (C=O) groups is 1. The van der Waals surface area contributed by atoms with E-state index in [0.717, 1.165) is 19.3 Å². The zero-order chi connectivity index (χ0) is 20.1. The first-order chi connectivity index (χ1) is 13.5. The van der Waals surface area contributed by atoms with Crippen molar-refractivity contribution < 1.29 is 19.2 Å². The molecule has 2 atom stereocenters. The lowest BCUT2D eigenvalue weighted by molar-refractivity contribution is -0.384. The van der Waals surface area contributed by atoms with Crippen LogP contribution in [0.1, 0.15) is 39.0 Å². The molecule has 0 radical (unpaired) electrons. The monoisotopic (exact) mass is 393 g/mol. The average Bonchev–Trinajstić information content (AvgIpc) is 2.70. The van der Waals surface area contributed by atoms with Crippen LogP contribution in [0.25, 0.3) is 0 Å². The van der Waals surface area contributed by atoms with Gasteiger partial charge < -0.3 is 20.1 Å². The van der Waals surface area contributed by atoms with Crippen LogP contribution >= 0.6 is 0 Å². The van der Waals surface area contributed by atoms with Crippen molar-refractivity contribution in [2.45, 2.75) is 51.1 Å². The van der Waals surface area contributed by atoms with E-state index in [2.05, 4.69) is 27.5 Å². The van der Waals surface area contributed by atoms with E-state index >= 15 is 0 Å². The summed E-state index contributed by atoms with van der Waals surface area (Å²) in [7, 11) is 1.39. The fourth-order valence-corrected chi connectivity index (χ4v) is 3.78. The molecule has 1 aliphatic carbocycles. The van der Waals surface area contributed by atoms with Crippen molar-refractivity contribution in [3.8, 4) is 0 Å². The topological polar surface area (TPSA) is 129 Å². The molecule has 1 saturated heterocycles. The summed E-state index contributed by atoms with van der Waals surface area (Å²) in [5, 5.41) is 17.9. The second kappa shape index (κ2) is 9.13. The zero-order valence-electron chi connectivity index (χ0n) is 16.2. The minimum absolute atomic E-state index is 0.0179. The summed E-state index contributed by atoms with van der Waals surface area (Å²) in [5.41, 5.74) is -0.152. The molecule has 0 unspecified atom stereocenters. The smallest absolute Gasteiger partial charge is 0.329 e. The minimum atomic E-state index is -0.483. The van der Waals surface area contributed by atoms with Gasteiger partial charge >= 0.3 is 11.7 Å². The SMILES string of the molecule is COC(=O)C1CCC(Nc2nc(N[C@@H]3CCOC[C@H]3C)ncc2[N+](=O)[O-])CC1. The summed E-state index contributed by atoms with van der Waals surface area (Å²) < 4.78 is 10.2. The highest BCUT2D eigenvalue weighted by Gasteiger charge is 2.29. The van der Waals surface area contributed by atoms with Gasteiger partial charge in [0.1, 0.15) is 6.20 Å². The van der Waals surface area contributed by atoms with E-state index in [-0.39, 0.29) is 35.5 Å². The Bertz CT molecular complexity index is 708. The molecule has 2 fully saturated rings. The molecule has 0 aromatic carbocycles. The first-order valence-corrected chi connectivity index (χ1v) is 9.68. The fourth-order valence-electron chi connectivity index (χ4n) is 3.78. The molecule has 2 heterocycles. The molecule has 3 rings (SSSR count). The number of methoxy groups -OCH3 is 1. The Morgan fingerprint density at radius 2 is 2.04 bits per heavy atom. The highest BCUT2D eigenvalue weighted by molar-refractivity contribution is 5.72. The summed E-state index contributed by atoms with van der Waals surface area (Å²) in [4.78, 5) is 31.1. The normalized spacial score (nSPS) is 27.6. The quantitative estimate of drug-likeness (QED) is 0.425. The molecule has 1 aliphatic heterocycles. The molecule has 1 saturated carbocycles. The van der Waals surface area contributed by atoms with Gasteiger partial charge in [-0.05, 0) is 38.0 Å². The number of ether oxygens (including phenoxy) is 2. The Morgan fingerprint density at radius 1 is 1.29 bits per heavy atom. The maximum absolute atomic E-state index is 11.7. The number of carbonyl (C=O) groups excluding carboxylic acids is 1. The number of aromatic nitrogens is 2. The third-order valence-corrected chi connectivity index (χ3v) is 5.52. The van der Waals surface area contributed by atoms with Crippen LogP contribution in [0.2, 0.25) is 0 Å². The van der Waals surface area contributed by atoms with Crippen LogP contribution in [0.3, 0.4) is 0 Å². The second-order valence-corrected chi connectivity index (χ2v) is 7.49. The van der Waals surface area contributed by atoms with Crippen molar-refractivity contribution in [2.75, 3.05) is 31.0 Å².